The van der Waals surface area contributed by atoms with E-state index in [1.807, 2.05) is 60.7 Å². The molecule has 1 aliphatic rings. The van der Waals surface area contributed by atoms with E-state index in [0.29, 0.717) is 25.6 Å². The van der Waals surface area contributed by atoms with Gasteiger partial charge in [-0.05, 0) is 36.5 Å². The Hall–Kier alpha value is -1.85. The zero-order valence-corrected chi connectivity index (χ0v) is 14.5. The largest absolute Gasteiger partial charge is 0.493 e. The van der Waals surface area contributed by atoms with Gasteiger partial charge in [-0.1, -0.05) is 48.5 Å². The number of para-hydroxylation sites is 1. The molecule has 2 aromatic carbocycles. The Morgan fingerprint density at radius 1 is 0.917 bits per heavy atom. The van der Waals surface area contributed by atoms with Crippen molar-refractivity contribution in [3.8, 4) is 5.75 Å². The molecule has 1 heterocycles. The molecule has 24 heavy (non-hydrogen) atoms. The zero-order valence-electron chi connectivity index (χ0n) is 13.7. The SMILES string of the molecule is O=S(=O)(Cc1ccccc1)N1CCC(COc2ccccc2)CC1. The summed E-state index contributed by atoms with van der Waals surface area (Å²) >= 11 is 0. The Morgan fingerprint density at radius 2 is 1.50 bits per heavy atom. The summed E-state index contributed by atoms with van der Waals surface area (Å²) in [6.45, 7) is 1.81. The van der Waals surface area contributed by atoms with Gasteiger partial charge in [0.2, 0.25) is 10.0 Å². The lowest BCUT2D eigenvalue weighted by Gasteiger charge is -2.31. The molecule has 0 atom stereocenters. The summed E-state index contributed by atoms with van der Waals surface area (Å²) in [6.07, 6.45) is 1.70. The fraction of sp³-hybridized carbons (Fsp3) is 0.368. The Balaban J connectivity index is 1.49. The summed E-state index contributed by atoms with van der Waals surface area (Å²) in [7, 11) is -3.23. The molecule has 4 nitrogen and oxygen atoms in total. The highest BCUT2D eigenvalue weighted by Crippen LogP contribution is 2.22. The van der Waals surface area contributed by atoms with Gasteiger partial charge in [0.25, 0.3) is 0 Å². The van der Waals surface area contributed by atoms with Crippen LogP contribution < -0.4 is 4.74 Å². The maximum atomic E-state index is 12.5. The number of hydrogen-bond acceptors (Lipinski definition) is 3. The van der Waals surface area contributed by atoms with Crippen molar-refractivity contribution in [3.05, 3.63) is 66.2 Å². The molecular weight excluding hydrogens is 322 g/mol. The Bertz CT molecular complexity index is 724. The molecule has 0 spiro atoms. The van der Waals surface area contributed by atoms with Crippen LogP contribution in [0.1, 0.15) is 18.4 Å². The van der Waals surface area contributed by atoms with Crippen molar-refractivity contribution < 1.29 is 13.2 Å². The summed E-state index contributed by atoms with van der Waals surface area (Å²) < 4.78 is 32.5. The van der Waals surface area contributed by atoms with E-state index >= 15 is 0 Å². The molecule has 0 aliphatic carbocycles. The molecule has 5 heteroatoms. The average Bonchev–Trinajstić information content (AvgIpc) is 2.62. The van der Waals surface area contributed by atoms with E-state index in [4.69, 9.17) is 4.74 Å². The highest BCUT2D eigenvalue weighted by atomic mass is 32.2. The minimum Gasteiger partial charge on any atom is -0.493 e. The van der Waals surface area contributed by atoms with Gasteiger partial charge in [-0.3, -0.25) is 0 Å². The number of piperidine rings is 1. The van der Waals surface area contributed by atoms with Crippen molar-refractivity contribution in [2.45, 2.75) is 18.6 Å². The first-order valence-electron chi connectivity index (χ1n) is 8.33. The molecular formula is C19H23NO3S. The first-order chi connectivity index (χ1) is 11.6. The van der Waals surface area contributed by atoms with Gasteiger partial charge in [0.1, 0.15) is 5.75 Å². The van der Waals surface area contributed by atoms with E-state index in [2.05, 4.69) is 0 Å². The molecule has 1 saturated heterocycles. The third kappa shape index (κ3) is 4.58. The van der Waals surface area contributed by atoms with Gasteiger partial charge in [0.05, 0.1) is 12.4 Å². The topological polar surface area (TPSA) is 46.6 Å². The summed E-state index contributed by atoms with van der Waals surface area (Å²) in [5.74, 6) is 1.36. The Labute approximate surface area is 144 Å². The van der Waals surface area contributed by atoms with E-state index in [9.17, 15) is 8.42 Å². The third-order valence-corrected chi connectivity index (χ3v) is 6.24. The molecule has 0 radical (unpaired) electrons. The third-order valence-electron chi connectivity index (χ3n) is 4.39. The van der Waals surface area contributed by atoms with Crippen LogP contribution in [0.25, 0.3) is 0 Å². The van der Waals surface area contributed by atoms with Crippen molar-refractivity contribution in [2.75, 3.05) is 19.7 Å². The van der Waals surface area contributed by atoms with E-state index in [1.54, 1.807) is 4.31 Å². The predicted octanol–water partition coefficient (Wildman–Crippen LogP) is 3.31. The number of nitrogens with zero attached hydrogens (tertiary/aromatic N) is 1. The molecule has 3 rings (SSSR count). The molecule has 0 N–H and O–H groups in total. The van der Waals surface area contributed by atoms with Crippen molar-refractivity contribution in [3.63, 3.8) is 0 Å². The molecule has 1 fully saturated rings. The van der Waals surface area contributed by atoms with Crippen LogP contribution in [0.5, 0.6) is 5.75 Å². The summed E-state index contributed by atoms with van der Waals surface area (Å²) in [5, 5.41) is 0. The van der Waals surface area contributed by atoms with Gasteiger partial charge in [0, 0.05) is 13.1 Å². The van der Waals surface area contributed by atoms with Crippen LogP contribution in [0.2, 0.25) is 0 Å². The lowest BCUT2D eigenvalue weighted by molar-refractivity contribution is 0.185. The fourth-order valence-corrected chi connectivity index (χ4v) is 4.52. The average molecular weight is 345 g/mol. The van der Waals surface area contributed by atoms with Gasteiger partial charge in [-0.15, -0.1) is 0 Å². The van der Waals surface area contributed by atoms with Gasteiger partial charge in [-0.2, -0.15) is 0 Å². The zero-order chi connectivity index (χ0) is 16.8. The van der Waals surface area contributed by atoms with Gasteiger partial charge in [0.15, 0.2) is 0 Å². The van der Waals surface area contributed by atoms with Crippen LogP contribution in [-0.2, 0) is 15.8 Å². The number of sulfonamides is 1. The van der Waals surface area contributed by atoms with Crippen LogP contribution in [0.15, 0.2) is 60.7 Å². The van der Waals surface area contributed by atoms with Gasteiger partial charge >= 0.3 is 0 Å². The molecule has 0 aromatic heterocycles. The molecule has 0 amide bonds. The molecule has 0 unspecified atom stereocenters. The highest BCUT2D eigenvalue weighted by molar-refractivity contribution is 7.88. The molecule has 1 aliphatic heterocycles. The summed E-state index contributed by atoms with van der Waals surface area (Å²) in [4.78, 5) is 0. The quantitative estimate of drug-likeness (QED) is 0.807. The van der Waals surface area contributed by atoms with Gasteiger partial charge < -0.3 is 4.74 Å². The van der Waals surface area contributed by atoms with Gasteiger partial charge in [-0.25, -0.2) is 12.7 Å². The fourth-order valence-electron chi connectivity index (χ4n) is 2.96. The monoisotopic (exact) mass is 345 g/mol. The van der Waals surface area contributed by atoms with Crippen molar-refractivity contribution in [2.24, 2.45) is 5.92 Å². The highest BCUT2D eigenvalue weighted by Gasteiger charge is 2.28. The molecule has 0 bridgehead atoms. The second-order valence-electron chi connectivity index (χ2n) is 6.21. The molecule has 2 aromatic rings. The minimum atomic E-state index is -3.23. The van der Waals surface area contributed by atoms with E-state index in [-0.39, 0.29) is 5.75 Å². The first kappa shape index (κ1) is 17.0. The lowest BCUT2D eigenvalue weighted by atomic mass is 9.99. The number of ether oxygens (including phenoxy) is 1. The standard InChI is InChI=1S/C19H23NO3S/c21-24(22,16-18-7-3-1-4-8-18)20-13-11-17(12-14-20)15-23-19-9-5-2-6-10-19/h1-10,17H,11-16H2. The van der Waals surface area contributed by atoms with Crippen LogP contribution in [-0.4, -0.2) is 32.4 Å². The van der Waals surface area contributed by atoms with Crippen LogP contribution in [0.3, 0.4) is 0 Å². The second-order valence-corrected chi connectivity index (χ2v) is 8.18. The van der Waals surface area contributed by atoms with Crippen molar-refractivity contribution >= 4 is 10.0 Å². The minimum absolute atomic E-state index is 0.0824. The number of benzene rings is 2. The van der Waals surface area contributed by atoms with Crippen LogP contribution >= 0.6 is 0 Å². The molecule has 128 valence electrons. The van der Waals surface area contributed by atoms with Crippen molar-refractivity contribution in [1.82, 2.24) is 4.31 Å². The predicted molar refractivity (Wildman–Crippen MR) is 95.3 cm³/mol. The maximum absolute atomic E-state index is 12.5. The summed E-state index contributed by atoms with van der Waals surface area (Å²) in [6, 6.07) is 19.1. The van der Waals surface area contributed by atoms with Crippen LogP contribution in [0.4, 0.5) is 0 Å². The van der Waals surface area contributed by atoms with E-state index < -0.39 is 10.0 Å². The summed E-state index contributed by atoms with van der Waals surface area (Å²) in [5.41, 5.74) is 0.840. The lowest BCUT2D eigenvalue weighted by Crippen LogP contribution is -2.40. The van der Waals surface area contributed by atoms with E-state index in [0.717, 1.165) is 24.2 Å². The molecule has 0 saturated carbocycles. The smallest absolute Gasteiger partial charge is 0.218 e. The Morgan fingerprint density at radius 3 is 2.12 bits per heavy atom. The first-order valence-corrected chi connectivity index (χ1v) is 9.94. The van der Waals surface area contributed by atoms with Crippen molar-refractivity contribution in [1.29, 1.82) is 0 Å². The normalized spacial score (nSPS) is 16.8. The Kier molecular flexibility index (Phi) is 5.53. The van der Waals surface area contributed by atoms with E-state index in [1.165, 1.54) is 0 Å². The maximum Gasteiger partial charge on any atom is 0.218 e. The number of hydrogen-bond donors (Lipinski definition) is 0. The van der Waals surface area contributed by atoms with Crippen LogP contribution in [0, 0.1) is 5.92 Å². The number of rotatable bonds is 6. The second kappa shape index (κ2) is 7.81.